The smallest absolute Gasteiger partial charge is 0.397 e. The Labute approximate surface area is 187 Å². The van der Waals surface area contributed by atoms with E-state index < -0.39 is 95.4 Å². The zero-order chi connectivity index (χ0) is 24.7. The molecular formula is C14H23NO16S2. The van der Waals surface area contributed by atoms with Crippen LogP contribution in [0.1, 0.15) is 6.92 Å². The molecule has 0 aromatic rings. The van der Waals surface area contributed by atoms with Crippen molar-refractivity contribution in [2.24, 2.45) is 4.99 Å². The van der Waals surface area contributed by atoms with Gasteiger partial charge < -0.3 is 39.4 Å². The van der Waals surface area contributed by atoms with Gasteiger partial charge >= 0.3 is 20.8 Å². The third-order valence-corrected chi connectivity index (χ3v) is 5.85. The number of rotatable bonds is 8. The van der Waals surface area contributed by atoms with Crippen molar-refractivity contribution in [2.45, 2.75) is 68.3 Å². The van der Waals surface area contributed by atoms with E-state index in [0.29, 0.717) is 0 Å². The maximum absolute atomic E-state index is 11.0. The van der Waals surface area contributed by atoms with Crippen LogP contribution in [0, 0.1) is 0 Å². The molecule has 0 unspecified atom stereocenters. The number of ether oxygens (including phenoxy) is 4. The second-order valence-corrected chi connectivity index (χ2v) is 9.51. The first-order valence-corrected chi connectivity index (χ1v) is 12.0. The molecule has 0 aromatic heterocycles. The molecule has 2 saturated heterocycles. The Morgan fingerprint density at radius 2 is 1.42 bits per heavy atom. The van der Waals surface area contributed by atoms with Crippen LogP contribution in [0.4, 0.5) is 0 Å². The molecule has 3 aliphatic heterocycles. The minimum atomic E-state index is -4.94. The van der Waals surface area contributed by atoms with Crippen LogP contribution in [0.3, 0.4) is 0 Å². The van der Waals surface area contributed by atoms with E-state index in [4.69, 9.17) is 28.1 Å². The third kappa shape index (κ3) is 6.54. The van der Waals surface area contributed by atoms with Crippen molar-refractivity contribution in [1.29, 1.82) is 0 Å². The monoisotopic (exact) mass is 525 g/mol. The van der Waals surface area contributed by atoms with Crippen molar-refractivity contribution in [1.82, 2.24) is 0 Å². The predicted molar refractivity (Wildman–Crippen MR) is 99.2 cm³/mol. The highest BCUT2D eigenvalue weighted by molar-refractivity contribution is 7.81. The lowest BCUT2D eigenvalue weighted by atomic mass is 9.96. The summed E-state index contributed by atoms with van der Waals surface area (Å²) in [6.07, 6.45) is -15.0. The van der Waals surface area contributed by atoms with Crippen molar-refractivity contribution in [2.75, 3.05) is 13.2 Å². The van der Waals surface area contributed by atoms with E-state index in [1.54, 1.807) is 0 Å². The summed E-state index contributed by atoms with van der Waals surface area (Å²) in [4.78, 5) is 4.02. The fourth-order valence-corrected chi connectivity index (χ4v) is 4.09. The van der Waals surface area contributed by atoms with Crippen LogP contribution < -0.4 is 0 Å². The van der Waals surface area contributed by atoms with E-state index in [2.05, 4.69) is 13.4 Å². The molecule has 10 atom stereocenters. The average molecular weight is 525 g/mol. The Bertz CT molecular complexity index is 939. The third-order valence-electron chi connectivity index (χ3n) is 4.98. The van der Waals surface area contributed by atoms with Gasteiger partial charge in [0.15, 0.2) is 12.2 Å². The summed E-state index contributed by atoms with van der Waals surface area (Å²) in [5, 5.41) is 41.0. The molecule has 3 rings (SSSR count). The van der Waals surface area contributed by atoms with Gasteiger partial charge in [0.05, 0.1) is 13.2 Å². The van der Waals surface area contributed by atoms with E-state index in [1.807, 2.05) is 0 Å². The van der Waals surface area contributed by atoms with Gasteiger partial charge in [-0.05, 0) is 0 Å². The van der Waals surface area contributed by atoms with Crippen LogP contribution in [-0.2, 0) is 48.1 Å². The molecule has 19 heteroatoms. The molecule has 17 nitrogen and oxygen atoms in total. The molecule has 192 valence electrons. The average Bonchev–Trinajstić information content (AvgIpc) is 3.07. The van der Waals surface area contributed by atoms with Crippen molar-refractivity contribution in [3.8, 4) is 0 Å². The van der Waals surface area contributed by atoms with E-state index in [0.717, 1.165) is 0 Å². The standard InChI is InChI=1S/C14H23NO16S2/c1-4-15-7-9(17)12(6(30-13(7)28-4)3-27-33(23,24)25)31-14-11(19)10(18)8(16)5(29-14)2-26-32(20,21)22/h5-14,16-19H,2-3H2,1H3,(H,20,21,22)(H,23,24,25)/t5-,6-,7-,8+,9-,10+,11-,12-,13+,14+/m1/s1. The zero-order valence-electron chi connectivity index (χ0n) is 16.7. The number of hydrogen-bond acceptors (Lipinski definition) is 15. The first-order chi connectivity index (χ1) is 15.2. The highest BCUT2D eigenvalue weighted by atomic mass is 32.3. The predicted octanol–water partition coefficient (Wildman–Crippen LogP) is -4.28. The molecule has 0 aromatic carbocycles. The number of nitrogens with zero attached hydrogens (tertiary/aromatic N) is 1. The fraction of sp³-hybridized carbons (Fsp3) is 0.929. The summed E-state index contributed by atoms with van der Waals surface area (Å²) in [7, 11) is -9.86. The molecule has 6 N–H and O–H groups in total. The van der Waals surface area contributed by atoms with Crippen molar-refractivity contribution >= 4 is 26.7 Å². The molecule has 2 fully saturated rings. The summed E-state index contributed by atoms with van der Waals surface area (Å²) in [6, 6.07) is -1.05. The molecule has 33 heavy (non-hydrogen) atoms. The van der Waals surface area contributed by atoms with Gasteiger partial charge in [-0.15, -0.1) is 0 Å². The molecule has 0 amide bonds. The molecule has 3 heterocycles. The van der Waals surface area contributed by atoms with E-state index >= 15 is 0 Å². The Kier molecular flexibility index (Phi) is 7.95. The van der Waals surface area contributed by atoms with Crippen LogP contribution in [0.25, 0.3) is 0 Å². The largest absolute Gasteiger partial charge is 0.450 e. The highest BCUT2D eigenvalue weighted by Gasteiger charge is 2.53. The lowest BCUT2D eigenvalue weighted by molar-refractivity contribution is -0.340. The maximum atomic E-state index is 11.0. The lowest BCUT2D eigenvalue weighted by Crippen LogP contribution is -2.64. The number of fused-ring (bicyclic) bond motifs is 1. The SMILES string of the molecule is CC1=N[C@H]2[C@@H](O1)O[C@H](COS(=O)(=O)O)[C@@H](O[C@@H]1O[C@H](COS(=O)(=O)O)[C@H](O)[C@H](O)[C@H]1O)[C@@H]2O. The van der Waals surface area contributed by atoms with Crippen LogP contribution in [0.15, 0.2) is 4.99 Å². The van der Waals surface area contributed by atoms with E-state index in [1.165, 1.54) is 6.92 Å². The minimum absolute atomic E-state index is 0.133. The summed E-state index contributed by atoms with van der Waals surface area (Å²) in [5.41, 5.74) is 0. The molecule has 0 aliphatic carbocycles. The van der Waals surface area contributed by atoms with Crippen LogP contribution in [-0.4, -0.2) is 127 Å². The summed E-state index contributed by atoms with van der Waals surface area (Å²) >= 11 is 0. The highest BCUT2D eigenvalue weighted by Crippen LogP contribution is 2.33. The van der Waals surface area contributed by atoms with E-state index in [9.17, 15) is 37.3 Å². The van der Waals surface area contributed by atoms with Gasteiger partial charge in [-0.25, -0.2) is 13.4 Å². The van der Waals surface area contributed by atoms with Crippen molar-refractivity contribution in [3.05, 3.63) is 0 Å². The van der Waals surface area contributed by atoms with Gasteiger partial charge in [0, 0.05) is 6.92 Å². The summed E-state index contributed by atoms with van der Waals surface area (Å²) in [5.74, 6) is 0.133. The van der Waals surface area contributed by atoms with Gasteiger partial charge in [-0.2, -0.15) is 16.8 Å². The van der Waals surface area contributed by atoms with Crippen molar-refractivity contribution < 1.29 is 73.7 Å². The van der Waals surface area contributed by atoms with Gasteiger partial charge in [-0.3, -0.25) is 9.11 Å². The topological polar surface area (TPSA) is 257 Å². The van der Waals surface area contributed by atoms with Gasteiger partial charge in [0.2, 0.25) is 6.29 Å². The van der Waals surface area contributed by atoms with Gasteiger partial charge in [-0.1, -0.05) is 0 Å². The Morgan fingerprint density at radius 1 is 0.848 bits per heavy atom. The first kappa shape index (κ1) is 26.5. The van der Waals surface area contributed by atoms with E-state index in [-0.39, 0.29) is 5.90 Å². The number of hydrogen-bond donors (Lipinski definition) is 6. The zero-order valence-corrected chi connectivity index (χ0v) is 18.4. The Morgan fingerprint density at radius 3 is 2.00 bits per heavy atom. The molecular weight excluding hydrogens is 502 g/mol. The number of aliphatic hydroxyl groups excluding tert-OH is 4. The fourth-order valence-electron chi connectivity index (χ4n) is 3.48. The maximum Gasteiger partial charge on any atom is 0.397 e. The summed E-state index contributed by atoms with van der Waals surface area (Å²) in [6.45, 7) is -0.403. The second-order valence-electron chi connectivity index (χ2n) is 7.33. The molecule has 0 saturated carbocycles. The first-order valence-electron chi connectivity index (χ1n) is 9.29. The minimum Gasteiger partial charge on any atom is -0.450 e. The Balaban J connectivity index is 1.79. The summed E-state index contributed by atoms with van der Waals surface area (Å²) < 4.78 is 90.9. The van der Waals surface area contributed by atoms with Gasteiger partial charge in [0.25, 0.3) is 0 Å². The van der Waals surface area contributed by atoms with Crippen LogP contribution >= 0.6 is 0 Å². The molecule has 0 bridgehead atoms. The number of aliphatic imine (C=N–C) groups is 1. The quantitative estimate of drug-likeness (QED) is 0.164. The molecule has 3 aliphatic rings. The van der Waals surface area contributed by atoms with Crippen molar-refractivity contribution in [3.63, 3.8) is 0 Å². The van der Waals surface area contributed by atoms with Gasteiger partial charge in [0.1, 0.15) is 48.8 Å². The Hall–Kier alpha value is -1.07. The second kappa shape index (κ2) is 9.89. The van der Waals surface area contributed by atoms with Crippen LogP contribution in [0.5, 0.6) is 0 Å². The molecule has 0 spiro atoms. The lowest BCUT2D eigenvalue weighted by Gasteiger charge is -2.45. The molecule has 0 radical (unpaired) electrons. The normalized spacial score (nSPS) is 41.8. The van der Waals surface area contributed by atoms with Crippen LogP contribution in [0.2, 0.25) is 0 Å². The number of aliphatic hydroxyl groups is 4.